The van der Waals surface area contributed by atoms with E-state index in [0.29, 0.717) is 5.39 Å². The number of methoxy groups -OCH3 is 4. The van der Waals surface area contributed by atoms with Crippen LogP contribution < -0.4 is 24.6 Å². The number of benzene rings is 2. The summed E-state index contributed by atoms with van der Waals surface area (Å²) in [6.07, 6.45) is 0. The van der Waals surface area contributed by atoms with Crippen molar-refractivity contribution in [2.45, 2.75) is 4.90 Å². The van der Waals surface area contributed by atoms with Crippen molar-refractivity contribution in [2.75, 3.05) is 33.2 Å². The lowest BCUT2D eigenvalue weighted by Gasteiger charge is -2.19. The van der Waals surface area contributed by atoms with E-state index in [1.165, 1.54) is 57.7 Å². The van der Waals surface area contributed by atoms with Crippen LogP contribution in [0.1, 0.15) is 10.4 Å². The molecule has 1 N–H and O–H groups in total. The van der Waals surface area contributed by atoms with Gasteiger partial charge < -0.3 is 23.4 Å². The first-order chi connectivity index (χ1) is 14.7. The van der Waals surface area contributed by atoms with Crippen LogP contribution in [0.2, 0.25) is 0 Å². The molecule has 0 radical (unpaired) electrons. The molecule has 164 valence electrons. The summed E-state index contributed by atoms with van der Waals surface area (Å²) >= 11 is 0. The molecular weight excluding hydrogens is 430 g/mol. The van der Waals surface area contributed by atoms with E-state index < -0.39 is 21.6 Å². The summed E-state index contributed by atoms with van der Waals surface area (Å²) in [5, 5.41) is 0.398. The van der Waals surface area contributed by atoms with Crippen LogP contribution in [-0.4, -0.2) is 42.8 Å². The fourth-order valence-corrected chi connectivity index (χ4v) is 4.06. The predicted octanol–water partition coefficient (Wildman–Crippen LogP) is 2.41. The third-order valence-electron chi connectivity index (χ3n) is 4.37. The minimum absolute atomic E-state index is 0.0717. The second-order valence-corrected chi connectivity index (χ2v) is 7.80. The Morgan fingerprint density at radius 1 is 0.935 bits per heavy atom. The number of hydrogen-bond acceptors (Lipinski definition) is 9. The minimum Gasteiger partial charge on any atom is -0.493 e. The van der Waals surface area contributed by atoms with Crippen LogP contribution in [0.25, 0.3) is 11.0 Å². The molecule has 0 aliphatic carbocycles. The number of carbonyl (C=O) groups is 1. The molecule has 2 aromatic carbocycles. The fraction of sp³-hybridized carbons (Fsp3) is 0.200. The topological polar surface area (TPSA) is 130 Å². The van der Waals surface area contributed by atoms with Crippen LogP contribution in [0.15, 0.2) is 50.5 Å². The second-order valence-electron chi connectivity index (χ2n) is 6.12. The van der Waals surface area contributed by atoms with E-state index in [1.807, 2.05) is 0 Å². The largest absolute Gasteiger partial charge is 0.493 e. The lowest BCUT2D eigenvalue weighted by molar-refractivity contribution is 0.0601. The first-order valence-corrected chi connectivity index (χ1v) is 10.2. The molecule has 0 atom stereocenters. The smallest absolute Gasteiger partial charge is 0.340 e. The van der Waals surface area contributed by atoms with E-state index in [-0.39, 0.29) is 39.0 Å². The van der Waals surface area contributed by atoms with E-state index >= 15 is 0 Å². The van der Waals surface area contributed by atoms with Crippen LogP contribution in [0.4, 0.5) is 5.69 Å². The fourth-order valence-electron chi connectivity index (χ4n) is 2.94. The standard InChI is InChI=1S/C20H19NO9S/c1-26-15-10-13(20(23)29-4)17(19(28-3)18(15)27-2)21-31(24,25)12-6-7-14-11(9-12)5-8-16(22)30-14/h5-10,21H,1-4H3. The number of nitrogens with one attached hydrogen (secondary N) is 1. The molecule has 3 rings (SSSR count). The third-order valence-corrected chi connectivity index (χ3v) is 5.72. The van der Waals surface area contributed by atoms with Crippen LogP contribution in [0, 0.1) is 0 Å². The second kappa shape index (κ2) is 8.56. The van der Waals surface area contributed by atoms with Crippen molar-refractivity contribution in [1.82, 2.24) is 0 Å². The highest BCUT2D eigenvalue weighted by Gasteiger charge is 2.28. The minimum atomic E-state index is -4.21. The van der Waals surface area contributed by atoms with Gasteiger partial charge in [-0.15, -0.1) is 0 Å². The van der Waals surface area contributed by atoms with E-state index in [9.17, 15) is 18.0 Å². The van der Waals surface area contributed by atoms with Crippen molar-refractivity contribution in [3.05, 3.63) is 52.4 Å². The Balaban J connectivity index is 2.18. The SMILES string of the molecule is COC(=O)c1cc(OC)c(OC)c(OC)c1NS(=O)(=O)c1ccc2oc(=O)ccc2c1. The quantitative estimate of drug-likeness (QED) is 0.427. The maximum absolute atomic E-state index is 13.1. The van der Waals surface area contributed by atoms with Gasteiger partial charge in [-0.05, 0) is 24.3 Å². The van der Waals surface area contributed by atoms with Crippen molar-refractivity contribution in [3.63, 3.8) is 0 Å². The zero-order valence-corrected chi connectivity index (χ0v) is 17.9. The summed E-state index contributed by atoms with van der Waals surface area (Å²) in [7, 11) is 0.927. The maximum Gasteiger partial charge on any atom is 0.340 e. The number of ether oxygens (including phenoxy) is 4. The Bertz CT molecular complexity index is 1310. The van der Waals surface area contributed by atoms with Crippen LogP contribution in [0.5, 0.6) is 17.2 Å². The van der Waals surface area contributed by atoms with Crippen molar-refractivity contribution in [1.29, 1.82) is 0 Å². The summed E-state index contributed by atoms with van der Waals surface area (Å²) < 4.78 is 54.2. The van der Waals surface area contributed by atoms with Gasteiger partial charge in [-0.3, -0.25) is 4.72 Å². The molecule has 1 aromatic heterocycles. The highest BCUT2D eigenvalue weighted by Crippen LogP contribution is 2.46. The average molecular weight is 449 g/mol. The van der Waals surface area contributed by atoms with Gasteiger partial charge in [0.15, 0.2) is 11.5 Å². The van der Waals surface area contributed by atoms with Crippen molar-refractivity contribution >= 4 is 32.6 Å². The summed E-state index contributed by atoms with van der Waals surface area (Å²) in [5.41, 5.74) is -0.663. The van der Waals surface area contributed by atoms with Crippen LogP contribution >= 0.6 is 0 Å². The lowest BCUT2D eigenvalue weighted by atomic mass is 10.1. The Labute approximate surface area is 177 Å². The molecule has 31 heavy (non-hydrogen) atoms. The lowest BCUT2D eigenvalue weighted by Crippen LogP contribution is -2.17. The highest BCUT2D eigenvalue weighted by molar-refractivity contribution is 7.92. The van der Waals surface area contributed by atoms with Crippen molar-refractivity contribution in [3.8, 4) is 17.2 Å². The van der Waals surface area contributed by atoms with Crippen molar-refractivity contribution in [2.24, 2.45) is 0 Å². The third kappa shape index (κ3) is 4.12. The molecule has 0 saturated heterocycles. The number of sulfonamides is 1. The number of anilines is 1. The monoisotopic (exact) mass is 449 g/mol. The van der Waals surface area contributed by atoms with Crippen molar-refractivity contribution < 1.29 is 36.6 Å². The summed E-state index contributed by atoms with van der Waals surface area (Å²) in [6.45, 7) is 0. The van der Waals surface area contributed by atoms with Gasteiger partial charge >= 0.3 is 11.6 Å². The number of esters is 1. The predicted molar refractivity (Wildman–Crippen MR) is 111 cm³/mol. The molecule has 1 heterocycles. The maximum atomic E-state index is 13.1. The molecule has 0 fully saturated rings. The Kier molecular flexibility index (Phi) is 6.07. The molecule has 11 heteroatoms. The van der Waals surface area contributed by atoms with Gasteiger partial charge in [-0.1, -0.05) is 0 Å². The number of rotatable bonds is 7. The molecule has 0 spiro atoms. The molecule has 0 amide bonds. The van der Waals surface area contributed by atoms with Gasteiger partial charge in [0.1, 0.15) is 11.3 Å². The van der Waals surface area contributed by atoms with Gasteiger partial charge in [-0.25, -0.2) is 18.0 Å². The number of fused-ring (bicyclic) bond motifs is 1. The Morgan fingerprint density at radius 2 is 1.65 bits per heavy atom. The zero-order valence-electron chi connectivity index (χ0n) is 17.0. The first-order valence-electron chi connectivity index (χ1n) is 8.73. The summed E-state index contributed by atoms with van der Waals surface area (Å²) in [6, 6.07) is 7.85. The Morgan fingerprint density at radius 3 is 2.26 bits per heavy atom. The Hall–Kier alpha value is -3.73. The van der Waals surface area contributed by atoms with E-state index in [2.05, 4.69) is 4.72 Å². The van der Waals surface area contributed by atoms with Gasteiger partial charge in [0, 0.05) is 17.5 Å². The summed E-state index contributed by atoms with van der Waals surface area (Å²) in [5.74, 6) is -0.672. The molecule has 0 saturated carbocycles. The van der Waals surface area contributed by atoms with Gasteiger partial charge in [0.2, 0.25) is 5.75 Å². The summed E-state index contributed by atoms with van der Waals surface area (Å²) in [4.78, 5) is 23.6. The normalized spacial score (nSPS) is 11.1. The zero-order chi connectivity index (χ0) is 22.8. The highest BCUT2D eigenvalue weighted by atomic mass is 32.2. The van der Waals surface area contributed by atoms with Crippen LogP contribution in [-0.2, 0) is 14.8 Å². The molecule has 0 bridgehead atoms. The average Bonchev–Trinajstić information content (AvgIpc) is 2.77. The first kappa shape index (κ1) is 22.0. The molecule has 10 nitrogen and oxygen atoms in total. The van der Waals surface area contributed by atoms with Gasteiger partial charge in [-0.2, -0.15) is 0 Å². The van der Waals surface area contributed by atoms with Gasteiger partial charge in [0.05, 0.1) is 38.9 Å². The van der Waals surface area contributed by atoms with Crippen LogP contribution in [0.3, 0.4) is 0 Å². The molecular formula is C20H19NO9S. The van der Waals surface area contributed by atoms with E-state index in [1.54, 1.807) is 0 Å². The number of carbonyl (C=O) groups excluding carboxylic acids is 1. The molecule has 0 aliphatic rings. The molecule has 3 aromatic rings. The van der Waals surface area contributed by atoms with Gasteiger partial charge in [0.25, 0.3) is 10.0 Å². The molecule has 0 aliphatic heterocycles. The molecule has 0 unspecified atom stereocenters. The van der Waals surface area contributed by atoms with E-state index in [4.69, 9.17) is 23.4 Å². The van der Waals surface area contributed by atoms with E-state index in [0.717, 1.165) is 7.11 Å². The number of hydrogen-bond donors (Lipinski definition) is 1.